The van der Waals surface area contributed by atoms with Gasteiger partial charge in [-0.15, -0.1) is 0 Å². The van der Waals surface area contributed by atoms with Crippen molar-refractivity contribution in [1.82, 2.24) is 9.78 Å². The van der Waals surface area contributed by atoms with Crippen molar-refractivity contribution in [2.75, 3.05) is 18.9 Å². The third kappa shape index (κ3) is 1.47. The van der Waals surface area contributed by atoms with Crippen molar-refractivity contribution < 1.29 is 4.74 Å². The molecule has 0 bridgehead atoms. The maximum atomic E-state index is 5.71. The first-order chi connectivity index (χ1) is 7.33. The number of aromatic nitrogens is 2. The van der Waals surface area contributed by atoms with E-state index in [1.54, 1.807) is 0 Å². The number of anilines is 1. The van der Waals surface area contributed by atoms with Crippen LogP contribution >= 0.6 is 0 Å². The second-order valence-corrected chi connectivity index (χ2v) is 3.94. The summed E-state index contributed by atoms with van der Waals surface area (Å²) in [4.78, 5) is 0. The standard InChI is InChI=1S/C11H13N3O/c12-9-2-1-8-6-14(13-11(8)5-9)10-3-4-15-7-10/h1-2,5-6,10H,3-4,7,12H2. The molecule has 4 nitrogen and oxygen atoms in total. The predicted molar refractivity (Wildman–Crippen MR) is 58.6 cm³/mol. The molecule has 1 aromatic heterocycles. The minimum absolute atomic E-state index is 0.388. The number of ether oxygens (including phenoxy) is 1. The molecule has 0 aliphatic carbocycles. The third-order valence-electron chi connectivity index (χ3n) is 2.83. The van der Waals surface area contributed by atoms with E-state index in [1.165, 1.54) is 0 Å². The fraction of sp³-hybridized carbons (Fsp3) is 0.364. The van der Waals surface area contributed by atoms with E-state index in [4.69, 9.17) is 10.5 Å². The molecule has 1 aliphatic rings. The maximum Gasteiger partial charge on any atom is 0.0943 e. The molecule has 15 heavy (non-hydrogen) atoms. The minimum Gasteiger partial charge on any atom is -0.399 e. The number of rotatable bonds is 1. The first kappa shape index (κ1) is 8.73. The van der Waals surface area contributed by atoms with Gasteiger partial charge in [0.2, 0.25) is 0 Å². The predicted octanol–water partition coefficient (Wildman–Crippen LogP) is 1.58. The summed E-state index contributed by atoms with van der Waals surface area (Å²) in [5, 5.41) is 5.65. The molecular weight excluding hydrogens is 190 g/mol. The van der Waals surface area contributed by atoms with Crippen molar-refractivity contribution in [2.45, 2.75) is 12.5 Å². The van der Waals surface area contributed by atoms with Crippen molar-refractivity contribution in [3.05, 3.63) is 24.4 Å². The van der Waals surface area contributed by atoms with E-state index in [1.807, 2.05) is 22.9 Å². The number of nitrogen functional groups attached to an aromatic ring is 1. The Hall–Kier alpha value is -1.55. The zero-order chi connectivity index (χ0) is 10.3. The number of benzene rings is 1. The van der Waals surface area contributed by atoms with Crippen molar-refractivity contribution >= 4 is 16.6 Å². The van der Waals surface area contributed by atoms with Gasteiger partial charge in [0.15, 0.2) is 0 Å². The van der Waals surface area contributed by atoms with Gasteiger partial charge in [0.25, 0.3) is 0 Å². The topological polar surface area (TPSA) is 53.1 Å². The fourth-order valence-corrected chi connectivity index (χ4v) is 1.97. The Morgan fingerprint density at radius 1 is 1.47 bits per heavy atom. The quantitative estimate of drug-likeness (QED) is 0.716. The van der Waals surface area contributed by atoms with Gasteiger partial charge in [-0.25, -0.2) is 0 Å². The zero-order valence-electron chi connectivity index (χ0n) is 8.39. The van der Waals surface area contributed by atoms with Crippen molar-refractivity contribution in [2.24, 2.45) is 0 Å². The summed E-state index contributed by atoms with van der Waals surface area (Å²) in [5.41, 5.74) is 7.43. The second-order valence-electron chi connectivity index (χ2n) is 3.94. The Bertz CT molecular complexity index is 486. The zero-order valence-corrected chi connectivity index (χ0v) is 8.39. The number of fused-ring (bicyclic) bond motifs is 1. The second kappa shape index (κ2) is 3.24. The van der Waals surface area contributed by atoms with E-state index in [0.29, 0.717) is 6.04 Å². The van der Waals surface area contributed by atoms with Crippen LogP contribution in [0.25, 0.3) is 10.9 Å². The summed E-state index contributed by atoms with van der Waals surface area (Å²) in [5.74, 6) is 0. The molecule has 1 saturated heterocycles. The van der Waals surface area contributed by atoms with Crippen LogP contribution in [0.2, 0.25) is 0 Å². The van der Waals surface area contributed by atoms with Gasteiger partial charge in [0.1, 0.15) is 0 Å². The molecular formula is C11H13N3O. The van der Waals surface area contributed by atoms with Gasteiger partial charge in [0.05, 0.1) is 18.2 Å². The van der Waals surface area contributed by atoms with Crippen LogP contribution in [0.1, 0.15) is 12.5 Å². The van der Waals surface area contributed by atoms with E-state index in [2.05, 4.69) is 11.3 Å². The first-order valence-electron chi connectivity index (χ1n) is 5.15. The smallest absolute Gasteiger partial charge is 0.0943 e. The molecule has 1 aliphatic heterocycles. The van der Waals surface area contributed by atoms with Crippen LogP contribution in [-0.2, 0) is 4.74 Å². The highest BCUT2D eigenvalue weighted by Crippen LogP contribution is 2.22. The van der Waals surface area contributed by atoms with Gasteiger partial charge in [-0.1, -0.05) is 0 Å². The summed E-state index contributed by atoms with van der Waals surface area (Å²) in [7, 11) is 0. The van der Waals surface area contributed by atoms with Crippen molar-refractivity contribution in [3.63, 3.8) is 0 Å². The van der Waals surface area contributed by atoms with E-state index in [9.17, 15) is 0 Å². The number of hydrogen-bond donors (Lipinski definition) is 1. The molecule has 78 valence electrons. The normalized spacial score (nSPS) is 21.2. The van der Waals surface area contributed by atoms with Gasteiger partial charge in [-0.3, -0.25) is 4.68 Å². The van der Waals surface area contributed by atoms with Gasteiger partial charge in [0, 0.05) is 23.9 Å². The molecule has 3 rings (SSSR count). The number of hydrogen-bond acceptors (Lipinski definition) is 3. The molecule has 2 heterocycles. The van der Waals surface area contributed by atoms with Crippen LogP contribution < -0.4 is 5.73 Å². The van der Waals surface area contributed by atoms with Gasteiger partial charge >= 0.3 is 0 Å². The van der Waals surface area contributed by atoms with E-state index in [-0.39, 0.29) is 0 Å². The molecule has 1 aromatic carbocycles. The molecule has 1 atom stereocenters. The van der Waals surface area contributed by atoms with Gasteiger partial charge in [-0.05, 0) is 24.6 Å². The molecule has 2 aromatic rings. The van der Waals surface area contributed by atoms with Crippen LogP contribution in [-0.4, -0.2) is 23.0 Å². The van der Waals surface area contributed by atoms with Crippen molar-refractivity contribution in [1.29, 1.82) is 0 Å². The molecule has 0 spiro atoms. The van der Waals surface area contributed by atoms with E-state index < -0.39 is 0 Å². The molecule has 1 fully saturated rings. The Labute approximate surface area is 87.6 Å². The van der Waals surface area contributed by atoms with Crippen LogP contribution in [0.4, 0.5) is 5.69 Å². The van der Waals surface area contributed by atoms with E-state index >= 15 is 0 Å². The highest BCUT2D eigenvalue weighted by Gasteiger charge is 2.18. The van der Waals surface area contributed by atoms with Crippen LogP contribution in [0.5, 0.6) is 0 Å². The molecule has 0 radical (unpaired) electrons. The summed E-state index contributed by atoms with van der Waals surface area (Å²) < 4.78 is 7.34. The average molecular weight is 203 g/mol. The highest BCUT2D eigenvalue weighted by molar-refractivity contribution is 5.81. The maximum absolute atomic E-state index is 5.71. The van der Waals surface area contributed by atoms with Crippen LogP contribution in [0, 0.1) is 0 Å². The molecule has 0 amide bonds. The summed E-state index contributed by atoms with van der Waals surface area (Å²) in [6, 6.07) is 6.20. The molecule has 2 N–H and O–H groups in total. The van der Waals surface area contributed by atoms with Gasteiger partial charge in [-0.2, -0.15) is 5.10 Å². The Morgan fingerprint density at radius 3 is 3.20 bits per heavy atom. The molecule has 0 saturated carbocycles. The molecule has 1 unspecified atom stereocenters. The highest BCUT2D eigenvalue weighted by atomic mass is 16.5. The SMILES string of the molecule is Nc1ccc2cn(C3CCOC3)nc2c1. The third-order valence-corrected chi connectivity index (χ3v) is 2.83. The van der Waals surface area contributed by atoms with Crippen LogP contribution in [0.3, 0.4) is 0 Å². The fourth-order valence-electron chi connectivity index (χ4n) is 1.97. The monoisotopic (exact) mass is 203 g/mol. The lowest BCUT2D eigenvalue weighted by molar-refractivity contribution is 0.184. The van der Waals surface area contributed by atoms with Gasteiger partial charge < -0.3 is 10.5 Å². The Kier molecular flexibility index (Phi) is 1.89. The lowest BCUT2D eigenvalue weighted by Crippen LogP contribution is -2.08. The lowest BCUT2D eigenvalue weighted by Gasteiger charge is -2.06. The van der Waals surface area contributed by atoms with Crippen LogP contribution in [0.15, 0.2) is 24.4 Å². The lowest BCUT2D eigenvalue weighted by atomic mass is 10.2. The number of nitrogens with two attached hydrogens (primary N) is 1. The summed E-state index contributed by atoms with van der Waals surface area (Å²) >= 11 is 0. The van der Waals surface area contributed by atoms with E-state index in [0.717, 1.165) is 36.2 Å². The average Bonchev–Trinajstić information content (AvgIpc) is 2.84. The Balaban J connectivity index is 2.05. The van der Waals surface area contributed by atoms with Crippen molar-refractivity contribution in [3.8, 4) is 0 Å². The number of nitrogens with zero attached hydrogens (tertiary/aromatic N) is 2. The molecule has 4 heteroatoms. The first-order valence-corrected chi connectivity index (χ1v) is 5.15. The largest absolute Gasteiger partial charge is 0.399 e. The summed E-state index contributed by atoms with van der Waals surface area (Å²) in [6.45, 7) is 1.60. The Morgan fingerprint density at radius 2 is 2.40 bits per heavy atom. The minimum atomic E-state index is 0.388. The summed E-state index contributed by atoms with van der Waals surface area (Å²) in [6.07, 6.45) is 3.11.